The van der Waals surface area contributed by atoms with Gasteiger partial charge < -0.3 is 10.6 Å². The summed E-state index contributed by atoms with van der Waals surface area (Å²) in [6.07, 6.45) is 1.72. The first-order chi connectivity index (χ1) is 9.97. The summed E-state index contributed by atoms with van der Waals surface area (Å²) in [6, 6.07) is 5.63. The van der Waals surface area contributed by atoms with Crippen molar-refractivity contribution in [2.24, 2.45) is 11.8 Å². The molecular weight excluding hydrogens is 343 g/mol. The smallest absolute Gasteiger partial charge is 0.223 e. The topological polar surface area (TPSA) is 41.1 Å². The summed E-state index contributed by atoms with van der Waals surface area (Å²) < 4.78 is 0. The normalized spacial score (nSPS) is 22.5. The first kappa shape index (κ1) is 19.6. The molecule has 124 valence electrons. The summed E-state index contributed by atoms with van der Waals surface area (Å²) in [6.45, 7) is 6.00. The van der Waals surface area contributed by atoms with E-state index in [-0.39, 0.29) is 30.3 Å². The van der Waals surface area contributed by atoms with Crippen LogP contribution in [0.4, 0.5) is 0 Å². The van der Waals surface area contributed by atoms with E-state index in [1.807, 2.05) is 13.0 Å². The van der Waals surface area contributed by atoms with E-state index in [0.717, 1.165) is 25.1 Å². The molecule has 0 aliphatic carbocycles. The molecule has 3 atom stereocenters. The molecule has 0 radical (unpaired) electrons. The Morgan fingerprint density at radius 3 is 2.82 bits per heavy atom. The van der Waals surface area contributed by atoms with E-state index >= 15 is 0 Å². The van der Waals surface area contributed by atoms with Crippen LogP contribution in [0.2, 0.25) is 10.0 Å². The van der Waals surface area contributed by atoms with Crippen LogP contribution >= 0.6 is 35.6 Å². The fourth-order valence-electron chi connectivity index (χ4n) is 2.62. The molecule has 0 spiro atoms. The van der Waals surface area contributed by atoms with E-state index in [1.54, 1.807) is 12.1 Å². The summed E-state index contributed by atoms with van der Waals surface area (Å²) >= 11 is 12.1. The lowest BCUT2D eigenvalue weighted by Gasteiger charge is -2.31. The van der Waals surface area contributed by atoms with E-state index in [2.05, 4.69) is 17.6 Å². The van der Waals surface area contributed by atoms with Crippen LogP contribution in [0.25, 0.3) is 0 Å². The number of rotatable bonds is 4. The molecule has 1 aromatic carbocycles. The number of carbonyl (C=O) groups excluding carboxylic acids is 1. The molecule has 1 aliphatic heterocycles. The average Bonchev–Trinajstić information content (AvgIpc) is 2.44. The number of carbonyl (C=O) groups is 1. The highest BCUT2D eigenvalue weighted by Crippen LogP contribution is 2.23. The van der Waals surface area contributed by atoms with Gasteiger partial charge in [-0.1, -0.05) is 43.1 Å². The Morgan fingerprint density at radius 2 is 2.18 bits per heavy atom. The van der Waals surface area contributed by atoms with E-state index in [0.29, 0.717) is 22.4 Å². The molecule has 1 fully saturated rings. The maximum atomic E-state index is 12.3. The maximum absolute atomic E-state index is 12.3. The zero-order chi connectivity index (χ0) is 15.4. The lowest BCUT2D eigenvalue weighted by molar-refractivity contribution is -0.125. The molecule has 1 aromatic rings. The number of benzene rings is 1. The highest BCUT2D eigenvalue weighted by Gasteiger charge is 2.24. The zero-order valence-corrected chi connectivity index (χ0v) is 15.2. The largest absolute Gasteiger partial charge is 0.352 e. The fraction of sp³-hybridized carbons (Fsp3) is 0.562. The summed E-state index contributed by atoms with van der Waals surface area (Å²) in [5.41, 5.74) is 0.957. The predicted octanol–water partition coefficient (Wildman–Crippen LogP) is 3.71. The number of amides is 1. The van der Waals surface area contributed by atoms with Crippen molar-refractivity contribution in [2.45, 2.75) is 32.7 Å². The zero-order valence-electron chi connectivity index (χ0n) is 12.9. The Kier molecular flexibility index (Phi) is 7.98. The number of hydrogen-bond donors (Lipinski definition) is 2. The van der Waals surface area contributed by atoms with Crippen LogP contribution in [0, 0.1) is 11.8 Å². The van der Waals surface area contributed by atoms with Crippen LogP contribution in [-0.4, -0.2) is 25.0 Å². The molecule has 1 saturated heterocycles. The van der Waals surface area contributed by atoms with E-state index in [1.165, 1.54) is 0 Å². The first-order valence-corrected chi connectivity index (χ1v) is 8.18. The highest BCUT2D eigenvalue weighted by molar-refractivity contribution is 6.35. The lowest BCUT2D eigenvalue weighted by atomic mass is 9.93. The molecule has 2 N–H and O–H groups in total. The Balaban J connectivity index is 0.00000242. The predicted molar refractivity (Wildman–Crippen MR) is 95.2 cm³/mol. The molecule has 3 nitrogen and oxygen atoms in total. The monoisotopic (exact) mass is 364 g/mol. The van der Waals surface area contributed by atoms with Crippen molar-refractivity contribution in [2.75, 3.05) is 13.1 Å². The van der Waals surface area contributed by atoms with Gasteiger partial charge in [-0.2, -0.15) is 0 Å². The first-order valence-electron chi connectivity index (χ1n) is 7.42. The van der Waals surface area contributed by atoms with Crippen molar-refractivity contribution in [1.29, 1.82) is 0 Å². The minimum absolute atomic E-state index is 0. The number of halogens is 3. The second kappa shape index (κ2) is 8.97. The van der Waals surface area contributed by atoms with E-state index in [9.17, 15) is 4.79 Å². The van der Waals surface area contributed by atoms with Gasteiger partial charge in [-0.05, 0) is 43.0 Å². The van der Waals surface area contributed by atoms with Gasteiger partial charge in [0.15, 0.2) is 0 Å². The standard InChI is InChI=1S/C16H22Cl2N2O.ClH/c1-10-5-6-19-9-15(10)20-16(21)11(2)7-12-3-4-13(17)8-14(12)18;/h3-4,8,10-11,15,19H,5-7,9H2,1-2H3,(H,20,21);1H. The van der Waals surface area contributed by atoms with E-state index < -0.39 is 0 Å². The molecular formula is C16H23Cl3N2O. The van der Waals surface area contributed by atoms with Crippen molar-refractivity contribution < 1.29 is 4.79 Å². The van der Waals surface area contributed by atoms with Gasteiger partial charge in [0.25, 0.3) is 0 Å². The van der Waals surface area contributed by atoms with Crippen molar-refractivity contribution in [3.8, 4) is 0 Å². The van der Waals surface area contributed by atoms with Crippen molar-refractivity contribution in [3.05, 3.63) is 33.8 Å². The summed E-state index contributed by atoms with van der Waals surface area (Å²) in [7, 11) is 0. The molecule has 22 heavy (non-hydrogen) atoms. The highest BCUT2D eigenvalue weighted by atomic mass is 35.5. The fourth-order valence-corrected chi connectivity index (χ4v) is 3.10. The Bertz CT molecular complexity index is 510. The van der Waals surface area contributed by atoms with Crippen molar-refractivity contribution >= 4 is 41.5 Å². The second-order valence-corrected chi connectivity index (χ2v) is 6.77. The third-order valence-corrected chi connectivity index (χ3v) is 4.73. The van der Waals surface area contributed by atoms with Crippen LogP contribution in [-0.2, 0) is 11.2 Å². The molecule has 0 aromatic heterocycles. The molecule has 2 rings (SSSR count). The van der Waals surface area contributed by atoms with Crippen LogP contribution in [0.15, 0.2) is 18.2 Å². The summed E-state index contributed by atoms with van der Waals surface area (Å²) in [5.74, 6) is 0.487. The third-order valence-electron chi connectivity index (χ3n) is 4.14. The van der Waals surface area contributed by atoms with Gasteiger partial charge in [0.05, 0.1) is 0 Å². The third kappa shape index (κ3) is 5.31. The molecule has 0 saturated carbocycles. The number of hydrogen-bond acceptors (Lipinski definition) is 2. The Labute approximate surface area is 148 Å². The van der Waals surface area contributed by atoms with Gasteiger partial charge in [0.2, 0.25) is 5.91 Å². The molecule has 1 amide bonds. The van der Waals surface area contributed by atoms with Crippen molar-refractivity contribution in [1.82, 2.24) is 10.6 Å². The average molecular weight is 366 g/mol. The van der Waals surface area contributed by atoms with Crippen LogP contribution in [0.1, 0.15) is 25.8 Å². The second-order valence-electron chi connectivity index (χ2n) is 5.93. The molecule has 6 heteroatoms. The minimum atomic E-state index is -0.113. The van der Waals surface area contributed by atoms with Gasteiger partial charge in [0, 0.05) is 28.5 Å². The SMILES string of the molecule is CC(Cc1ccc(Cl)cc1Cl)C(=O)NC1CNCCC1C.Cl. The summed E-state index contributed by atoms with van der Waals surface area (Å²) in [5, 5.41) is 7.71. The van der Waals surface area contributed by atoms with E-state index in [4.69, 9.17) is 23.2 Å². The van der Waals surface area contributed by atoms with Crippen molar-refractivity contribution in [3.63, 3.8) is 0 Å². The molecule has 0 bridgehead atoms. The minimum Gasteiger partial charge on any atom is -0.352 e. The quantitative estimate of drug-likeness (QED) is 0.854. The summed E-state index contributed by atoms with van der Waals surface area (Å²) in [4.78, 5) is 12.3. The van der Waals surface area contributed by atoms with Gasteiger partial charge in [-0.25, -0.2) is 0 Å². The number of piperidine rings is 1. The van der Waals surface area contributed by atoms with Crippen LogP contribution < -0.4 is 10.6 Å². The van der Waals surface area contributed by atoms with Gasteiger partial charge in [-0.3, -0.25) is 4.79 Å². The lowest BCUT2D eigenvalue weighted by Crippen LogP contribution is -2.51. The Hall–Kier alpha value is -0.480. The maximum Gasteiger partial charge on any atom is 0.223 e. The molecule has 3 unspecified atom stereocenters. The van der Waals surface area contributed by atoms with Crippen LogP contribution in [0.5, 0.6) is 0 Å². The van der Waals surface area contributed by atoms with Gasteiger partial charge >= 0.3 is 0 Å². The molecule has 1 heterocycles. The van der Waals surface area contributed by atoms with Gasteiger partial charge in [-0.15, -0.1) is 12.4 Å². The number of nitrogens with one attached hydrogen (secondary N) is 2. The Morgan fingerprint density at radius 1 is 1.45 bits per heavy atom. The van der Waals surface area contributed by atoms with Crippen LogP contribution in [0.3, 0.4) is 0 Å². The van der Waals surface area contributed by atoms with Gasteiger partial charge in [0.1, 0.15) is 0 Å². The molecule has 1 aliphatic rings.